The molecule has 2 aromatic carbocycles. The number of primary amides is 1. The number of rotatable bonds is 4. The lowest BCUT2D eigenvalue weighted by molar-refractivity contribution is 0.102. The third-order valence-corrected chi connectivity index (χ3v) is 4.65. The highest BCUT2D eigenvalue weighted by atomic mass is 35.5. The number of urea groups is 1. The number of benzene rings is 2. The fourth-order valence-electron chi connectivity index (χ4n) is 2.17. The number of hydrogen-bond donors (Lipinski definition) is 3. The Kier molecular flexibility index (Phi) is 5.41. The van der Waals surface area contributed by atoms with Crippen LogP contribution < -0.4 is 16.4 Å². The van der Waals surface area contributed by atoms with Crippen LogP contribution in [-0.2, 0) is 0 Å². The summed E-state index contributed by atoms with van der Waals surface area (Å²) in [6.45, 7) is 0. The highest BCUT2D eigenvalue weighted by Crippen LogP contribution is 2.32. The molecule has 9 heteroatoms. The Labute approximate surface area is 163 Å². The molecule has 0 spiro atoms. The molecular formula is C17H12Cl2N4O2S. The fraction of sp³-hybridized carbons (Fsp3) is 0. The molecule has 0 fully saturated rings. The van der Waals surface area contributed by atoms with Crippen LogP contribution in [0.3, 0.4) is 0 Å². The minimum atomic E-state index is -0.668. The van der Waals surface area contributed by atoms with Gasteiger partial charge in [-0.3, -0.25) is 10.1 Å². The second kappa shape index (κ2) is 7.74. The molecule has 0 saturated carbocycles. The number of nitrogens with one attached hydrogen (secondary N) is 2. The number of nitrogens with two attached hydrogens (primary N) is 1. The normalized spacial score (nSPS) is 10.4. The van der Waals surface area contributed by atoms with E-state index in [9.17, 15) is 9.59 Å². The van der Waals surface area contributed by atoms with Crippen LogP contribution >= 0.6 is 34.5 Å². The Bertz CT molecular complexity index is 973. The van der Waals surface area contributed by atoms with Crippen molar-refractivity contribution in [3.63, 3.8) is 0 Å². The van der Waals surface area contributed by atoms with E-state index in [4.69, 9.17) is 28.9 Å². The summed E-state index contributed by atoms with van der Waals surface area (Å²) in [6.07, 6.45) is 0. The molecule has 0 atom stereocenters. The number of nitrogens with zero attached hydrogens (tertiary/aromatic N) is 1. The quantitative estimate of drug-likeness (QED) is 0.576. The number of hydrogen-bond acceptors (Lipinski definition) is 4. The van der Waals surface area contributed by atoms with Crippen molar-refractivity contribution in [3.05, 3.63) is 63.5 Å². The Balaban J connectivity index is 1.72. The van der Waals surface area contributed by atoms with E-state index in [0.29, 0.717) is 32.1 Å². The molecule has 3 amide bonds. The standard InChI is InChI=1S/C17H12Cl2N4O2S/c18-10-3-6-12(13(19)7-10)14-8-26-17(22-14)23-15(24)9-1-4-11(5-2-9)21-16(20)25/h1-8H,(H3,20,21,25)(H,22,23,24). The molecule has 0 aliphatic heterocycles. The summed E-state index contributed by atoms with van der Waals surface area (Å²) in [6, 6.07) is 10.8. The zero-order chi connectivity index (χ0) is 18.7. The van der Waals surface area contributed by atoms with Crippen molar-refractivity contribution in [3.8, 4) is 11.3 Å². The molecule has 4 N–H and O–H groups in total. The van der Waals surface area contributed by atoms with E-state index in [1.807, 2.05) is 0 Å². The Hall–Kier alpha value is -2.61. The average molecular weight is 407 g/mol. The van der Waals surface area contributed by atoms with Gasteiger partial charge in [-0.15, -0.1) is 11.3 Å². The second-order valence-corrected chi connectivity index (χ2v) is 6.88. The zero-order valence-corrected chi connectivity index (χ0v) is 15.5. The van der Waals surface area contributed by atoms with Gasteiger partial charge in [0.05, 0.1) is 10.7 Å². The lowest BCUT2D eigenvalue weighted by atomic mass is 10.2. The van der Waals surface area contributed by atoms with E-state index in [1.54, 1.807) is 47.8 Å². The van der Waals surface area contributed by atoms with E-state index >= 15 is 0 Å². The van der Waals surface area contributed by atoms with Crippen LogP contribution in [-0.4, -0.2) is 16.9 Å². The highest BCUT2D eigenvalue weighted by molar-refractivity contribution is 7.14. The molecular weight excluding hydrogens is 395 g/mol. The Morgan fingerprint density at radius 1 is 1.04 bits per heavy atom. The van der Waals surface area contributed by atoms with Gasteiger partial charge in [0.15, 0.2) is 5.13 Å². The maximum atomic E-state index is 12.3. The first kappa shape index (κ1) is 18.2. The SMILES string of the molecule is NC(=O)Nc1ccc(C(=O)Nc2nc(-c3ccc(Cl)cc3Cl)cs2)cc1. The smallest absolute Gasteiger partial charge is 0.316 e. The summed E-state index contributed by atoms with van der Waals surface area (Å²) in [5, 5.41) is 8.41. The van der Waals surface area contributed by atoms with E-state index in [0.717, 1.165) is 5.56 Å². The molecule has 0 bridgehead atoms. The summed E-state index contributed by atoms with van der Waals surface area (Å²) in [5.41, 5.74) is 7.34. The maximum absolute atomic E-state index is 12.3. The molecule has 0 radical (unpaired) electrons. The van der Waals surface area contributed by atoms with Crippen molar-refractivity contribution in [2.75, 3.05) is 10.6 Å². The number of amides is 3. The first-order valence-electron chi connectivity index (χ1n) is 7.31. The average Bonchev–Trinajstić information content (AvgIpc) is 3.03. The predicted octanol–water partition coefficient (Wildman–Crippen LogP) is 4.86. The van der Waals surface area contributed by atoms with Gasteiger partial charge in [-0.2, -0.15) is 0 Å². The van der Waals surface area contributed by atoms with E-state index in [-0.39, 0.29) is 5.91 Å². The molecule has 26 heavy (non-hydrogen) atoms. The first-order valence-corrected chi connectivity index (χ1v) is 8.95. The summed E-state index contributed by atoms with van der Waals surface area (Å²) < 4.78 is 0. The number of thiazole rings is 1. The van der Waals surface area contributed by atoms with Crippen molar-refractivity contribution in [2.45, 2.75) is 0 Å². The van der Waals surface area contributed by atoms with Crippen molar-refractivity contribution in [1.82, 2.24) is 4.98 Å². The Morgan fingerprint density at radius 3 is 2.42 bits per heavy atom. The molecule has 1 heterocycles. The first-order chi connectivity index (χ1) is 12.4. The van der Waals surface area contributed by atoms with Gasteiger partial charge in [-0.05, 0) is 42.5 Å². The molecule has 0 aliphatic rings. The van der Waals surface area contributed by atoms with Gasteiger partial charge >= 0.3 is 6.03 Å². The topological polar surface area (TPSA) is 97.1 Å². The summed E-state index contributed by atoms with van der Waals surface area (Å²) in [5.74, 6) is -0.321. The van der Waals surface area contributed by atoms with Gasteiger partial charge in [-0.1, -0.05) is 23.2 Å². The molecule has 0 unspecified atom stereocenters. The summed E-state index contributed by atoms with van der Waals surface area (Å²) in [4.78, 5) is 27.5. The highest BCUT2D eigenvalue weighted by Gasteiger charge is 2.12. The van der Waals surface area contributed by atoms with Gasteiger partial charge in [-0.25, -0.2) is 9.78 Å². The van der Waals surface area contributed by atoms with Gasteiger partial charge in [0.2, 0.25) is 0 Å². The van der Waals surface area contributed by atoms with Crippen LogP contribution in [0, 0.1) is 0 Å². The number of carbonyl (C=O) groups excluding carboxylic acids is 2. The zero-order valence-electron chi connectivity index (χ0n) is 13.1. The van der Waals surface area contributed by atoms with E-state index in [2.05, 4.69) is 15.6 Å². The molecule has 132 valence electrons. The van der Waals surface area contributed by atoms with Crippen LogP contribution in [0.1, 0.15) is 10.4 Å². The van der Waals surface area contributed by atoms with Crippen molar-refractivity contribution in [2.24, 2.45) is 5.73 Å². The van der Waals surface area contributed by atoms with Crippen molar-refractivity contribution < 1.29 is 9.59 Å². The molecule has 3 rings (SSSR count). The number of halogens is 2. The predicted molar refractivity (Wildman–Crippen MR) is 105 cm³/mol. The lowest BCUT2D eigenvalue weighted by Crippen LogP contribution is -2.19. The number of anilines is 2. The fourth-order valence-corrected chi connectivity index (χ4v) is 3.38. The molecule has 3 aromatic rings. The molecule has 6 nitrogen and oxygen atoms in total. The molecule has 0 aliphatic carbocycles. The second-order valence-electron chi connectivity index (χ2n) is 5.18. The van der Waals surface area contributed by atoms with E-state index in [1.165, 1.54) is 11.3 Å². The minimum absolute atomic E-state index is 0.321. The van der Waals surface area contributed by atoms with E-state index < -0.39 is 6.03 Å². The van der Waals surface area contributed by atoms with Crippen LogP contribution in [0.4, 0.5) is 15.6 Å². The lowest BCUT2D eigenvalue weighted by Gasteiger charge is -2.04. The largest absolute Gasteiger partial charge is 0.351 e. The Morgan fingerprint density at radius 2 is 1.77 bits per heavy atom. The van der Waals surface area contributed by atoms with Crippen molar-refractivity contribution >= 4 is 57.3 Å². The summed E-state index contributed by atoms with van der Waals surface area (Å²) >= 11 is 13.4. The molecule has 1 aromatic heterocycles. The molecule has 0 saturated heterocycles. The van der Waals surface area contributed by atoms with Crippen LogP contribution in [0.15, 0.2) is 47.8 Å². The minimum Gasteiger partial charge on any atom is -0.351 e. The van der Waals surface area contributed by atoms with Crippen molar-refractivity contribution in [1.29, 1.82) is 0 Å². The van der Waals surface area contributed by atoms with Gasteiger partial charge in [0, 0.05) is 27.2 Å². The number of carbonyl (C=O) groups is 2. The monoisotopic (exact) mass is 406 g/mol. The van der Waals surface area contributed by atoms with Gasteiger partial charge < -0.3 is 11.1 Å². The van der Waals surface area contributed by atoms with Crippen LogP contribution in [0.5, 0.6) is 0 Å². The third-order valence-electron chi connectivity index (χ3n) is 3.35. The van der Waals surface area contributed by atoms with Gasteiger partial charge in [0.25, 0.3) is 5.91 Å². The summed E-state index contributed by atoms with van der Waals surface area (Å²) in [7, 11) is 0. The maximum Gasteiger partial charge on any atom is 0.316 e. The third kappa shape index (κ3) is 4.32. The van der Waals surface area contributed by atoms with Crippen LogP contribution in [0.25, 0.3) is 11.3 Å². The van der Waals surface area contributed by atoms with Gasteiger partial charge in [0.1, 0.15) is 0 Å². The number of aromatic nitrogens is 1. The van der Waals surface area contributed by atoms with Crippen LogP contribution in [0.2, 0.25) is 10.0 Å².